The maximum atomic E-state index is 11.7. The van der Waals surface area contributed by atoms with Gasteiger partial charge in [-0.15, -0.1) is 0 Å². The molecule has 0 fully saturated rings. The van der Waals surface area contributed by atoms with Gasteiger partial charge in [0.2, 0.25) is 0 Å². The maximum absolute atomic E-state index is 11.7. The summed E-state index contributed by atoms with van der Waals surface area (Å²) in [5.74, 6) is -0.419. The Morgan fingerprint density at radius 3 is 2.37 bits per heavy atom. The quantitative estimate of drug-likeness (QED) is 0.667. The van der Waals surface area contributed by atoms with E-state index in [0.717, 1.165) is 0 Å². The first-order valence-corrected chi connectivity index (χ1v) is 5.96. The van der Waals surface area contributed by atoms with Gasteiger partial charge in [-0.1, -0.05) is 12.1 Å². The normalized spacial score (nSPS) is 17.2. The van der Waals surface area contributed by atoms with Gasteiger partial charge in [0.15, 0.2) is 11.6 Å². The number of carbonyl (C=O) groups is 2. The molecule has 0 saturated heterocycles. The number of ketones is 2. The van der Waals surface area contributed by atoms with E-state index in [1.54, 1.807) is 18.2 Å². The average Bonchev–Trinajstić information content (AvgIpc) is 2.42. The summed E-state index contributed by atoms with van der Waals surface area (Å²) in [5, 5.41) is 21.7. The van der Waals surface area contributed by atoms with Gasteiger partial charge in [-0.05, 0) is 30.8 Å². The van der Waals surface area contributed by atoms with Crippen LogP contribution in [-0.2, 0) is 6.42 Å². The predicted octanol–water partition coefficient (Wildman–Crippen LogP) is 0.0630. The van der Waals surface area contributed by atoms with Crippen molar-refractivity contribution in [3.05, 3.63) is 47.0 Å². The fourth-order valence-electron chi connectivity index (χ4n) is 2.01. The number of hydrogen-bond donors (Lipinski definition) is 3. The van der Waals surface area contributed by atoms with Crippen LogP contribution < -0.4 is 5.32 Å². The molecule has 1 aliphatic rings. The molecular formula is C14H15NO4. The van der Waals surface area contributed by atoms with Gasteiger partial charge in [0.25, 0.3) is 0 Å². The van der Waals surface area contributed by atoms with Gasteiger partial charge in [0.1, 0.15) is 6.23 Å². The van der Waals surface area contributed by atoms with E-state index < -0.39 is 12.3 Å². The van der Waals surface area contributed by atoms with Crippen molar-refractivity contribution < 1.29 is 19.8 Å². The lowest BCUT2D eigenvalue weighted by molar-refractivity contribution is 0.00380. The number of hydrogen-bond acceptors (Lipinski definition) is 5. The molecule has 2 unspecified atom stereocenters. The van der Waals surface area contributed by atoms with Crippen molar-refractivity contribution in [3.8, 4) is 0 Å². The Bertz CT molecular complexity index is 550. The lowest BCUT2D eigenvalue weighted by Gasteiger charge is -2.18. The highest BCUT2D eigenvalue weighted by Gasteiger charge is 2.21. The molecule has 0 heterocycles. The van der Waals surface area contributed by atoms with Crippen LogP contribution in [0.1, 0.15) is 26.3 Å². The van der Waals surface area contributed by atoms with Crippen molar-refractivity contribution in [2.45, 2.75) is 18.8 Å². The van der Waals surface area contributed by atoms with Crippen LogP contribution in [0, 0.1) is 0 Å². The van der Waals surface area contributed by atoms with Gasteiger partial charge >= 0.3 is 0 Å². The summed E-state index contributed by atoms with van der Waals surface area (Å²) in [6, 6.07) is 4.84. The molecule has 0 spiro atoms. The monoisotopic (exact) mass is 261 g/mol. The van der Waals surface area contributed by atoms with Gasteiger partial charge in [0.05, 0.1) is 6.10 Å². The van der Waals surface area contributed by atoms with Crippen molar-refractivity contribution in [2.24, 2.45) is 0 Å². The Labute approximate surface area is 110 Å². The Hall–Kier alpha value is -1.82. The third-order valence-corrected chi connectivity index (χ3v) is 3.11. The molecule has 0 aromatic heterocycles. The van der Waals surface area contributed by atoms with Crippen LogP contribution >= 0.6 is 0 Å². The molecule has 2 atom stereocenters. The number of allylic oxidation sites excluding steroid dienone is 2. The van der Waals surface area contributed by atoms with E-state index in [-0.39, 0.29) is 18.0 Å². The molecule has 5 nitrogen and oxygen atoms in total. The standard InChI is InChI=1S/C14H15NO4/c1-15-14(19)13(18)7-8-2-3-9-10(6-8)12(17)5-4-11(9)16/h2-6,13-15,18-19H,7H2,1H3. The van der Waals surface area contributed by atoms with Crippen molar-refractivity contribution in [1.29, 1.82) is 0 Å². The zero-order valence-corrected chi connectivity index (χ0v) is 10.5. The third kappa shape index (κ3) is 2.78. The summed E-state index contributed by atoms with van der Waals surface area (Å²) in [6.45, 7) is 0. The molecule has 100 valence electrons. The number of carbonyl (C=O) groups excluding carboxylic acids is 2. The Balaban J connectivity index is 2.25. The van der Waals surface area contributed by atoms with Gasteiger partial charge in [-0.2, -0.15) is 0 Å². The predicted molar refractivity (Wildman–Crippen MR) is 69.0 cm³/mol. The second-order valence-corrected chi connectivity index (χ2v) is 4.45. The molecule has 0 bridgehead atoms. The zero-order chi connectivity index (χ0) is 14.0. The first-order valence-electron chi connectivity index (χ1n) is 5.96. The maximum Gasteiger partial charge on any atom is 0.186 e. The smallest absolute Gasteiger partial charge is 0.186 e. The minimum absolute atomic E-state index is 0.195. The van der Waals surface area contributed by atoms with Crippen molar-refractivity contribution >= 4 is 11.6 Å². The summed E-state index contributed by atoms with van der Waals surface area (Å²) >= 11 is 0. The topological polar surface area (TPSA) is 86.6 Å². The first-order chi connectivity index (χ1) is 9.02. The lowest BCUT2D eigenvalue weighted by atomic mass is 9.91. The van der Waals surface area contributed by atoms with E-state index in [1.807, 2.05) is 0 Å². The number of aliphatic hydroxyl groups excluding tert-OH is 2. The molecule has 0 amide bonds. The second-order valence-electron chi connectivity index (χ2n) is 4.45. The van der Waals surface area contributed by atoms with Crippen LogP contribution in [0.25, 0.3) is 0 Å². The van der Waals surface area contributed by atoms with Crippen LogP contribution in [-0.4, -0.2) is 41.2 Å². The van der Waals surface area contributed by atoms with Gasteiger partial charge in [0, 0.05) is 17.5 Å². The number of nitrogens with one attached hydrogen (secondary N) is 1. The molecule has 1 aromatic carbocycles. The Morgan fingerprint density at radius 1 is 1.11 bits per heavy atom. The van der Waals surface area contributed by atoms with Crippen LogP contribution in [0.3, 0.4) is 0 Å². The summed E-state index contributed by atoms with van der Waals surface area (Å²) in [4.78, 5) is 23.3. The van der Waals surface area contributed by atoms with Gasteiger partial charge in [-0.3, -0.25) is 14.9 Å². The van der Waals surface area contributed by atoms with Crippen molar-refractivity contribution in [1.82, 2.24) is 5.32 Å². The second kappa shape index (κ2) is 5.44. The molecule has 0 saturated carbocycles. The molecule has 5 heteroatoms. The van der Waals surface area contributed by atoms with Gasteiger partial charge in [-0.25, -0.2) is 0 Å². The summed E-state index contributed by atoms with van der Waals surface area (Å²) in [5.41, 5.74) is 1.41. The van der Waals surface area contributed by atoms with E-state index in [9.17, 15) is 19.8 Å². The van der Waals surface area contributed by atoms with E-state index in [0.29, 0.717) is 16.7 Å². The minimum atomic E-state index is -1.03. The largest absolute Gasteiger partial charge is 0.389 e. The fourth-order valence-corrected chi connectivity index (χ4v) is 2.01. The number of likely N-dealkylation sites (N-methyl/N-ethyl adjacent to an activating group) is 1. The van der Waals surface area contributed by atoms with Crippen LogP contribution in [0.5, 0.6) is 0 Å². The molecule has 0 radical (unpaired) electrons. The molecule has 19 heavy (non-hydrogen) atoms. The Morgan fingerprint density at radius 2 is 1.74 bits per heavy atom. The highest BCUT2D eigenvalue weighted by Crippen LogP contribution is 2.19. The van der Waals surface area contributed by atoms with Crippen LogP contribution in [0.15, 0.2) is 30.4 Å². The van der Waals surface area contributed by atoms with Crippen LogP contribution in [0.2, 0.25) is 0 Å². The fraction of sp³-hybridized carbons (Fsp3) is 0.286. The zero-order valence-electron chi connectivity index (χ0n) is 10.5. The number of rotatable bonds is 4. The van der Waals surface area contributed by atoms with Crippen LogP contribution in [0.4, 0.5) is 0 Å². The van der Waals surface area contributed by atoms with Crippen molar-refractivity contribution in [3.63, 3.8) is 0 Å². The summed E-state index contributed by atoms with van der Waals surface area (Å²) < 4.78 is 0. The van der Waals surface area contributed by atoms with E-state index in [1.165, 1.54) is 19.2 Å². The summed E-state index contributed by atoms with van der Waals surface area (Å²) in [7, 11) is 1.54. The molecule has 1 aromatic rings. The Kier molecular flexibility index (Phi) is 3.90. The number of aliphatic hydroxyl groups is 2. The molecule has 0 aliphatic heterocycles. The number of benzene rings is 1. The lowest BCUT2D eigenvalue weighted by Crippen LogP contribution is -2.38. The van der Waals surface area contributed by atoms with E-state index in [2.05, 4.69) is 5.32 Å². The van der Waals surface area contributed by atoms with Crippen molar-refractivity contribution in [2.75, 3.05) is 7.05 Å². The number of fused-ring (bicyclic) bond motifs is 1. The molecular weight excluding hydrogens is 246 g/mol. The summed E-state index contributed by atoms with van der Waals surface area (Å²) in [6.07, 6.45) is 0.679. The minimum Gasteiger partial charge on any atom is -0.389 e. The molecule has 1 aliphatic carbocycles. The highest BCUT2D eigenvalue weighted by molar-refractivity contribution is 6.22. The first kappa shape index (κ1) is 13.6. The average molecular weight is 261 g/mol. The van der Waals surface area contributed by atoms with Gasteiger partial charge < -0.3 is 10.2 Å². The van der Waals surface area contributed by atoms with E-state index >= 15 is 0 Å². The highest BCUT2D eigenvalue weighted by atomic mass is 16.3. The van der Waals surface area contributed by atoms with E-state index in [4.69, 9.17) is 0 Å². The molecule has 2 rings (SSSR count). The SMILES string of the molecule is CNC(O)C(O)Cc1ccc2c(c1)C(=O)C=CC2=O. The molecule has 3 N–H and O–H groups in total. The third-order valence-electron chi connectivity index (χ3n) is 3.11.